The number of amides is 3. The first-order valence-corrected chi connectivity index (χ1v) is 18.2. The van der Waals surface area contributed by atoms with Gasteiger partial charge in [0, 0.05) is 58.2 Å². The Morgan fingerprint density at radius 2 is 1.19 bits per heavy atom. The molecule has 3 amide bonds. The number of rotatable bonds is 15. The van der Waals surface area contributed by atoms with E-state index in [4.69, 9.17) is 14.9 Å². The van der Waals surface area contributed by atoms with E-state index in [-0.39, 0.29) is 25.0 Å². The smallest absolute Gasteiger partial charge is 0.223 e. The zero-order valence-corrected chi connectivity index (χ0v) is 30.5. The molecule has 3 heterocycles. The number of aliphatic hydroxyl groups is 2. The molecule has 1 aromatic rings. The predicted molar refractivity (Wildman–Crippen MR) is 190 cm³/mol. The van der Waals surface area contributed by atoms with Crippen LogP contribution in [0.15, 0.2) is 30.3 Å². The molecule has 270 valence electrons. The number of likely N-dealkylation sites (tertiary alicyclic amines) is 1. The van der Waals surface area contributed by atoms with Crippen LogP contribution >= 0.6 is 0 Å². The summed E-state index contributed by atoms with van der Waals surface area (Å²) in [6, 6.07) is 10.2. The lowest BCUT2D eigenvalue weighted by atomic mass is 9.93. The minimum atomic E-state index is 0.177. The zero-order valence-electron chi connectivity index (χ0n) is 30.5. The van der Waals surface area contributed by atoms with Gasteiger partial charge in [0.15, 0.2) is 0 Å². The highest BCUT2D eigenvalue weighted by Crippen LogP contribution is 2.27. The molecule has 0 aromatic heterocycles. The van der Waals surface area contributed by atoms with E-state index in [9.17, 15) is 14.4 Å². The molecule has 3 unspecified atom stereocenters. The molecule has 4 N–H and O–H groups in total. The molecular formula is C38H67N3O6. The Kier molecular flexibility index (Phi) is 22.1. The van der Waals surface area contributed by atoms with Crippen LogP contribution in [-0.2, 0) is 14.4 Å². The van der Waals surface area contributed by atoms with Gasteiger partial charge in [-0.15, -0.1) is 0 Å². The lowest BCUT2D eigenvalue weighted by Gasteiger charge is -2.21. The van der Waals surface area contributed by atoms with E-state index < -0.39 is 0 Å². The summed E-state index contributed by atoms with van der Waals surface area (Å²) in [5.41, 5.74) is 0. The quantitative estimate of drug-likeness (QED) is 0.187. The highest BCUT2D eigenvalue weighted by atomic mass is 16.5. The molecule has 3 fully saturated rings. The molecule has 4 rings (SSSR count). The average Bonchev–Trinajstić information content (AvgIpc) is 3.74. The summed E-state index contributed by atoms with van der Waals surface area (Å²) in [6.07, 6.45) is 8.05. The van der Waals surface area contributed by atoms with Crippen LogP contribution in [0.4, 0.5) is 0 Å². The van der Waals surface area contributed by atoms with E-state index in [1.807, 2.05) is 49.1 Å². The fourth-order valence-corrected chi connectivity index (χ4v) is 6.52. The van der Waals surface area contributed by atoms with Crippen LogP contribution < -0.4 is 15.4 Å². The van der Waals surface area contributed by atoms with E-state index in [2.05, 4.69) is 45.3 Å². The summed E-state index contributed by atoms with van der Waals surface area (Å²) in [4.78, 5) is 35.5. The van der Waals surface area contributed by atoms with Gasteiger partial charge in [-0.1, -0.05) is 52.8 Å². The van der Waals surface area contributed by atoms with Crippen LogP contribution in [0.1, 0.15) is 106 Å². The number of nitrogens with one attached hydrogen (secondary N) is 2. The van der Waals surface area contributed by atoms with E-state index >= 15 is 0 Å². The number of aliphatic hydroxyl groups excluding tert-OH is 2. The van der Waals surface area contributed by atoms with Crippen molar-refractivity contribution in [2.24, 2.45) is 35.5 Å². The maximum atomic E-state index is 11.6. The Labute approximate surface area is 285 Å². The van der Waals surface area contributed by atoms with Crippen LogP contribution in [0, 0.1) is 35.5 Å². The first-order valence-electron chi connectivity index (χ1n) is 18.2. The second kappa shape index (κ2) is 24.5. The molecule has 9 nitrogen and oxygen atoms in total. The summed E-state index contributed by atoms with van der Waals surface area (Å²) in [5, 5.41) is 23.2. The molecule has 1 aromatic carbocycles. The summed E-state index contributed by atoms with van der Waals surface area (Å²) >= 11 is 0. The van der Waals surface area contributed by atoms with Crippen LogP contribution in [0.5, 0.6) is 5.75 Å². The van der Waals surface area contributed by atoms with Crippen LogP contribution in [-0.4, -0.2) is 78.3 Å². The van der Waals surface area contributed by atoms with Crippen molar-refractivity contribution in [2.75, 3.05) is 39.5 Å². The third-order valence-electron chi connectivity index (χ3n) is 9.06. The monoisotopic (exact) mass is 662 g/mol. The molecule has 0 saturated carbocycles. The molecule has 3 aliphatic rings. The van der Waals surface area contributed by atoms with Crippen LogP contribution in [0.25, 0.3) is 0 Å². The fourth-order valence-electron chi connectivity index (χ4n) is 6.52. The first-order chi connectivity index (χ1) is 22.5. The van der Waals surface area contributed by atoms with Crippen LogP contribution in [0.2, 0.25) is 0 Å². The third kappa shape index (κ3) is 18.5. The van der Waals surface area contributed by atoms with Crippen molar-refractivity contribution in [3.8, 4) is 5.75 Å². The van der Waals surface area contributed by atoms with Gasteiger partial charge in [-0.3, -0.25) is 14.4 Å². The number of hydrogen-bond acceptors (Lipinski definition) is 6. The maximum Gasteiger partial charge on any atom is 0.223 e. The summed E-state index contributed by atoms with van der Waals surface area (Å²) < 4.78 is 5.68. The van der Waals surface area contributed by atoms with Crippen molar-refractivity contribution in [1.82, 2.24) is 15.5 Å². The number of benzene rings is 1. The lowest BCUT2D eigenvalue weighted by Crippen LogP contribution is -2.32. The molecule has 0 spiro atoms. The van der Waals surface area contributed by atoms with E-state index in [0.717, 1.165) is 70.5 Å². The lowest BCUT2D eigenvalue weighted by molar-refractivity contribution is -0.129. The van der Waals surface area contributed by atoms with Crippen molar-refractivity contribution < 1.29 is 29.3 Å². The van der Waals surface area contributed by atoms with Gasteiger partial charge in [0.2, 0.25) is 17.7 Å². The van der Waals surface area contributed by atoms with Crippen molar-refractivity contribution in [1.29, 1.82) is 0 Å². The molecule has 0 radical (unpaired) electrons. The van der Waals surface area contributed by atoms with Gasteiger partial charge >= 0.3 is 0 Å². The average molecular weight is 662 g/mol. The Balaban J connectivity index is 0.000000350. The number of ether oxygens (including phenoxy) is 1. The number of para-hydroxylation sites is 1. The molecule has 6 atom stereocenters. The molecule has 0 aliphatic carbocycles. The van der Waals surface area contributed by atoms with Crippen LogP contribution in [0.3, 0.4) is 0 Å². The number of nitrogens with zero attached hydrogens (tertiary/aromatic N) is 1. The van der Waals surface area contributed by atoms with E-state index in [1.54, 1.807) is 0 Å². The molecule has 9 heteroatoms. The standard InChI is InChI=1S/C15H21NO2.C12H23NO2.C9H17NO2.C2H6/c1-12(9-13-10-15(17)16-11-13)7-8-18-14-5-3-2-4-6-14;1-9(2)13-8-11(7-12(13)15)6-10(3)4-5-14;1-7(2-3-11)4-8-5-9(12)10-6-8;1-2/h2-6,12-13H,7-11H2,1H3,(H,16,17);9-11,14H,4-8H2,1-3H3;7-8,11H,2-6H2,1H3,(H,10,12);1-2H3/t12?,13-;10?,11-;7?,8-;/m000./s1. The molecular weight excluding hydrogens is 594 g/mol. The fraction of sp³-hybridized carbons (Fsp3) is 0.763. The van der Waals surface area contributed by atoms with Gasteiger partial charge in [-0.2, -0.15) is 0 Å². The molecule has 47 heavy (non-hydrogen) atoms. The Morgan fingerprint density at radius 1 is 0.723 bits per heavy atom. The second-order valence-electron chi connectivity index (χ2n) is 14.0. The van der Waals surface area contributed by atoms with Crippen molar-refractivity contribution >= 4 is 17.7 Å². The van der Waals surface area contributed by atoms with E-state index in [1.165, 1.54) is 0 Å². The van der Waals surface area contributed by atoms with Gasteiger partial charge in [0.05, 0.1) is 6.61 Å². The summed E-state index contributed by atoms with van der Waals surface area (Å²) in [5.74, 6) is 4.79. The molecule has 0 bridgehead atoms. The van der Waals surface area contributed by atoms with Gasteiger partial charge in [-0.25, -0.2) is 0 Å². The largest absolute Gasteiger partial charge is 0.494 e. The maximum absolute atomic E-state index is 11.6. The molecule has 3 saturated heterocycles. The predicted octanol–water partition coefficient (Wildman–Crippen LogP) is 5.83. The van der Waals surface area contributed by atoms with Crippen molar-refractivity contribution in [2.45, 2.75) is 112 Å². The highest BCUT2D eigenvalue weighted by Gasteiger charge is 2.31. The summed E-state index contributed by atoms with van der Waals surface area (Å²) in [6.45, 7) is 18.5. The Hall–Kier alpha value is -2.65. The number of carbonyl (C=O) groups is 3. The minimum absolute atomic E-state index is 0.177. The van der Waals surface area contributed by atoms with Crippen molar-refractivity contribution in [3.05, 3.63) is 30.3 Å². The van der Waals surface area contributed by atoms with Gasteiger partial charge in [-0.05, 0) is 100 Å². The number of carbonyl (C=O) groups excluding carboxylic acids is 3. The normalized spacial score (nSPS) is 22.1. The topological polar surface area (TPSA) is 128 Å². The summed E-state index contributed by atoms with van der Waals surface area (Å²) in [7, 11) is 0. The van der Waals surface area contributed by atoms with Gasteiger partial charge in [0.25, 0.3) is 0 Å². The Morgan fingerprint density at radius 3 is 1.60 bits per heavy atom. The number of hydrogen-bond donors (Lipinski definition) is 4. The first kappa shape index (κ1) is 42.4. The van der Waals surface area contributed by atoms with Gasteiger partial charge in [0.1, 0.15) is 5.75 Å². The van der Waals surface area contributed by atoms with E-state index in [0.29, 0.717) is 66.7 Å². The minimum Gasteiger partial charge on any atom is -0.494 e. The highest BCUT2D eigenvalue weighted by molar-refractivity contribution is 5.79. The third-order valence-corrected chi connectivity index (χ3v) is 9.06. The van der Waals surface area contributed by atoms with Crippen molar-refractivity contribution in [3.63, 3.8) is 0 Å². The SMILES string of the molecule is CC.CC(CCO)C[C@@H]1CNC(=O)C1.CC(CCO)C[C@H]1CC(=O)N(C(C)C)C1.CC(CCOc1ccccc1)C[C@@H]1CNC(=O)C1. The Bertz CT molecular complexity index is 991. The second-order valence-corrected chi connectivity index (χ2v) is 14.0. The molecule has 3 aliphatic heterocycles. The van der Waals surface area contributed by atoms with Gasteiger partial charge < -0.3 is 30.5 Å². The zero-order chi connectivity index (χ0) is 35.2.